The average molecular weight is 250 g/mol. The minimum atomic E-state index is -0.507. The van der Waals surface area contributed by atoms with Gasteiger partial charge in [-0.15, -0.1) is 0 Å². The number of aromatic nitrogens is 1. The Labute approximate surface area is 106 Å². The lowest BCUT2D eigenvalue weighted by Crippen LogP contribution is -2.33. The molecular weight excluding hydrogens is 232 g/mol. The van der Waals surface area contributed by atoms with Gasteiger partial charge in [-0.25, -0.2) is 4.98 Å². The molecule has 1 heterocycles. The summed E-state index contributed by atoms with van der Waals surface area (Å²) < 4.78 is 0. The molecule has 1 saturated carbocycles. The lowest BCUT2D eigenvalue weighted by atomic mass is 10.2. The van der Waals surface area contributed by atoms with Crippen LogP contribution in [0.3, 0.4) is 0 Å². The van der Waals surface area contributed by atoms with Crippen molar-refractivity contribution in [1.82, 2.24) is 4.98 Å². The van der Waals surface area contributed by atoms with Gasteiger partial charge in [-0.2, -0.15) is 0 Å². The second-order valence-corrected chi connectivity index (χ2v) is 5.02. The maximum atomic E-state index is 10.7. The molecule has 1 fully saturated rings. The Hall–Kier alpha value is -1.85. The van der Waals surface area contributed by atoms with Crippen molar-refractivity contribution in [3.05, 3.63) is 22.2 Å². The van der Waals surface area contributed by atoms with Crippen LogP contribution in [0, 0.1) is 16.0 Å². The second kappa shape index (κ2) is 4.80. The summed E-state index contributed by atoms with van der Waals surface area (Å²) in [5, 5.41) is 10.7. The summed E-state index contributed by atoms with van der Waals surface area (Å²) in [5.41, 5.74) is 5.50. The molecule has 1 aliphatic rings. The van der Waals surface area contributed by atoms with E-state index in [0.717, 1.165) is 18.3 Å². The Morgan fingerprint density at radius 3 is 2.67 bits per heavy atom. The molecule has 0 aromatic carbocycles. The first kappa shape index (κ1) is 12.6. The molecule has 6 nitrogen and oxygen atoms in total. The molecule has 6 heteroatoms. The van der Waals surface area contributed by atoms with Crippen LogP contribution in [0.15, 0.2) is 12.1 Å². The zero-order valence-electron chi connectivity index (χ0n) is 10.7. The van der Waals surface area contributed by atoms with Gasteiger partial charge in [-0.3, -0.25) is 10.1 Å². The fourth-order valence-corrected chi connectivity index (χ4v) is 1.92. The molecule has 0 radical (unpaired) electrons. The highest BCUT2D eigenvalue weighted by Crippen LogP contribution is 2.32. The van der Waals surface area contributed by atoms with Crippen molar-refractivity contribution < 1.29 is 4.92 Å². The van der Waals surface area contributed by atoms with Crippen molar-refractivity contribution in [2.24, 2.45) is 5.92 Å². The maximum absolute atomic E-state index is 10.7. The van der Waals surface area contributed by atoms with E-state index in [0.29, 0.717) is 6.04 Å². The fraction of sp³-hybridized carbons (Fsp3) is 0.583. The highest BCUT2D eigenvalue weighted by Gasteiger charge is 2.27. The van der Waals surface area contributed by atoms with Gasteiger partial charge >= 0.3 is 5.69 Å². The minimum Gasteiger partial charge on any atom is -0.378 e. The maximum Gasteiger partial charge on any atom is 0.311 e. The topological polar surface area (TPSA) is 85.3 Å². The highest BCUT2D eigenvalue weighted by atomic mass is 16.6. The van der Waals surface area contributed by atoms with Gasteiger partial charge in [0, 0.05) is 18.7 Å². The van der Waals surface area contributed by atoms with Crippen LogP contribution < -0.4 is 10.6 Å². The molecule has 98 valence electrons. The van der Waals surface area contributed by atoms with Crippen molar-refractivity contribution >= 4 is 17.3 Å². The van der Waals surface area contributed by atoms with Crippen LogP contribution in [0.2, 0.25) is 0 Å². The number of hydrogen-bond acceptors (Lipinski definition) is 5. The van der Waals surface area contributed by atoms with E-state index in [9.17, 15) is 10.1 Å². The molecule has 0 spiro atoms. The number of nitrogens with two attached hydrogens (primary N) is 1. The van der Waals surface area contributed by atoms with Crippen molar-refractivity contribution in [3.8, 4) is 0 Å². The van der Waals surface area contributed by atoms with E-state index in [1.807, 2.05) is 0 Å². The SMILES string of the molecule is CC(C)N(CC1CC1)c1ccc([N+](=O)[O-])c(N)n1. The van der Waals surface area contributed by atoms with E-state index in [2.05, 4.69) is 23.7 Å². The molecule has 18 heavy (non-hydrogen) atoms. The van der Waals surface area contributed by atoms with Crippen molar-refractivity contribution in [2.45, 2.75) is 32.7 Å². The van der Waals surface area contributed by atoms with Crippen molar-refractivity contribution in [3.63, 3.8) is 0 Å². The molecule has 0 unspecified atom stereocenters. The minimum absolute atomic E-state index is 0.0149. The third-order valence-electron chi connectivity index (χ3n) is 3.15. The number of anilines is 2. The smallest absolute Gasteiger partial charge is 0.311 e. The largest absolute Gasteiger partial charge is 0.378 e. The van der Waals surface area contributed by atoms with Gasteiger partial charge in [0.15, 0.2) is 0 Å². The molecule has 0 saturated heterocycles. The zero-order valence-corrected chi connectivity index (χ0v) is 10.7. The van der Waals surface area contributed by atoms with Crippen LogP contribution in [0.5, 0.6) is 0 Å². The van der Waals surface area contributed by atoms with Gasteiger partial charge in [0.05, 0.1) is 4.92 Å². The van der Waals surface area contributed by atoms with Crippen LogP contribution in [0.1, 0.15) is 26.7 Å². The molecule has 1 aliphatic carbocycles. The van der Waals surface area contributed by atoms with Gasteiger partial charge in [0.2, 0.25) is 5.82 Å². The van der Waals surface area contributed by atoms with Crippen LogP contribution in [-0.4, -0.2) is 22.5 Å². The summed E-state index contributed by atoms with van der Waals surface area (Å²) in [6.07, 6.45) is 2.51. The quantitative estimate of drug-likeness (QED) is 0.639. The summed E-state index contributed by atoms with van der Waals surface area (Å²) in [7, 11) is 0. The van der Waals surface area contributed by atoms with Crippen molar-refractivity contribution in [2.75, 3.05) is 17.2 Å². The Bertz CT molecular complexity index is 457. The van der Waals surface area contributed by atoms with Crippen LogP contribution in [0.4, 0.5) is 17.3 Å². The standard InChI is InChI=1S/C12H18N4O2/c1-8(2)15(7-9-3-4-9)11-6-5-10(16(17)18)12(13)14-11/h5-6,8-9H,3-4,7H2,1-2H3,(H2,13,14). The summed E-state index contributed by atoms with van der Waals surface area (Å²) in [6, 6.07) is 3.41. The van der Waals surface area contributed by atoms with Gasteiger partial charge < -0.3 is 10.6 Å². The molecule has 2 N–H and O–H groups in total. The van der Waals surface area contributed by atoms with E-state index < -0.39 is 4.92 Å². The molecule has 2 rings (SSSR count). The number of nitrogen functional groups attached to an aromatic ring is 1. The van der Waals surface area contributed by atoms with E-state index in [1.54, 1.807) is 6.07 Å². The first-order valence-corrected chi connectivity index (χ1v) is 6.16. The number of nitro groups is 1. The fourth-order valence-electron chi connectivity index (χ4n) is 1.92. The summed E-state index contributed by atoms with van der Waals surface area (Å²) in [6.45, 7) is 5.12. The van der Waals surface area contributed by atoms with Crippen LogP contribution in [0.25, 0.3) is 0 Å². The number of pyridine rings is 1. The number of nitrogens with zero attached hydrogens (tertiary/aromatic N) is 3. The lowest BCUT2D eigenvalue weighted by molar-refractivity contribution is -0.384. The molecular formula is C12H18N4O2. The average Bonchev–Trinajstić information content (AvgIpc) is 3.08. The molecule has 1 aromatic heterocycles. The van der Waals surface area contributed by atoms with Gasteiger partial charge in [-0.1, -0.05) is 0 Å². The van der Waals surface area contributed by atoms with E-state index in [1.165, 1.54) is 18.9 Å². The summed E-state index contributed by atoms with van der Waals surface area (Å²) >= 11 is 0. The van der Waals surface area contributed by atoms with E-state index >= 15 is 0 Å². The predicted molar refractivity (Wildman–Crippen MR) is 70.5 cm³/mol. The normalized spacial score (nSPS) is 14.8. The number of hydrogen-bond donors (Lipinski definition) is 1. The Morgan fingerprint density at radius 2 is 2.22 bits per heavy atom. The van der Waals surface area contributed by atoms with Gasteiger partial charge in [0.1, 0.15) is 5.82 Å². The van der Waals surface area contributed by atoms with Gasteiger partial charge in [-0.05, 0) is 38.7 Å². The summed E-state index contributed by atoms with van der Waals surface area (Å²) in [5.74, 6) is 1.43. The molecule has 1 aromatic rings. The van der Waals surface area contributed by atoms with Crippen molar-refractivity contribution in [1.29, 1.82) is 0 Å². The van der Waals surface area contributed by atoms with Crippen LogP contribution >= 0.6 is 0 Å². The third-order valence-corrected chi connectivity index (χ3v) is 3.15. The third kappa shape index (κ3) is 2.69. The van der Waals surface area contributed by atoms with E-state index in [-0.39, 0.29) is 11.5 Å². The second-order valence-electron chi connectivity index (χ2n) is 5.02. The zero-order chi connectivity index (χ0) is 13.3. The molecule has 0 bridgehead atoms. The van der Waals surface area contributed by atoms with Gasteiger partial charge in [0.25, 0.3) is 0 Å². The van der Waals surface area contributed by atoms with E-state index in [4.69, 9.17) is 5.73 Å². The highest BCUT2D eigenvalue weighted by molar-refractivity contribution is 5.58. The predicted octanol–water partition coefficient (Wildman–Crippen LogP) is 2.20. The van der Waals surface area contributed by atoms with Crippen LogP contribution in [-0.2, 0) is 0 Å². The lowest BCUT2D eigenvalue weighted by Gasteiger charge is -2.28. The first-order chi connectivity index (χ1) is 8.49. The Kier molecular flexibility index (Phi) is 3.36. The Balaban J connectivity index is 2.24. The summed E-state index contributed by atoms with van der Waals surface area (Å²) in [4.78, 5) is 16.5. The molecule has 0 aliphatic heterocycles. The molecule has 0 atom stereocenters. The monoisotopic (exact) mass is 250 g/mol. The number of rotatable bonds is 5. The Morgan fingerprint density at radius 1 is 1.56 bits per heavy atom. The molecule has 0 amide bonds. The first-order valence-electron chi connectivity index (χ1n) is 6.16.